The molecule has 1 saturated heterocycles. The van der Waals surface area contributed by atoms with Gasteiger partial charge in [0.15, 0.2) is 5.82 Å². The molecular weight excluding hydrogens is 234 g/mol. The van der Waals surface area contributed by atoms with Crippen molar-refractivity contribution in [1.82, 2.24) is 4.98 Å². The Kier molecular flexibility index (Phi) is 3.66. The first-order chi connectivity index (χ1) is 8.63. The minimum atomic E-state index is -1.02. The van der Waals surface area contributed by atoms with E-state index in [1.54, 1.807) is 0 Å². The Balaban J connectivity index is 2.29. The summed E-state index contributed by atoms with van der Waals surface area (Å²) in [4.78, 5) is 17.1. The summed E-state index contributed by atoms with van der Waals surface area (Å²) in [5.41, 5.74) is 6.41. The van der Waals surface area contributed by atoms with Gasteiger partial charge in [0.25, 0.3) is 0 Å². The molecule has 1 aliphatic heterocycles. The van der Waals surface area contributed by atoms with Crippen molar-refractivity contribution in [2.75, 3.05) is 30.4 Å². The van der Waals surface area contributed by atoms with Crippen molar-refractivity contribution in [1.29, 1.82) is 0 Å². The second-order valence-electron chi connectivity index (χ2n) is 4.27. The van der Waals surface area contributed by atoms with E-state index in [0.717, 1.165) is 13.0 Å². The molecule has 1 fully saturated rings. The van der Waals surface area contributed by atoms with Gasteiger partial charge in [-0.2, -0.15) is 0 Å². The number of anilines is 2. The van der Waals surface area contributed by atoms with Crippen LogP contribution in [0.5, 0.6) is 0 Å². The van der Waals surface area contributed by atoms with Gasteiger partial charge in [0.1, 0.15) is 0 Å². The fourth-order valence-electron chi connectivity index (χ4n) is 2.10. The van der Waals surface area contributed by atoms with Gasteiger partial charge in [0.2, 0.25) is 0 Å². The molecule has 0 saturated carbocycles. The highest BCUT2D eigenvalue weighted by Crippen LogP contribution is 2.25. The van der Waals surface area contributed by atoms with Gasteiger partial charge in [0.05, 0.1) is 30.5 Å². The molecule has 1 atom stereocenters. The SMILES string of the molecule is CCC1COCCN1c1ncc(C(=O)O)cc1N. The first kappa shape index (κ1) is 12.6. The first-order valence-corrected chi connectivity index (χ1v) is 5.96. The van der Waals surface area contributed by atoms with Crippen LogP contribution in [-0.4, -0.2) is 41.9 Å². The third-order valence-corrected chi connectivity index (χ3v) is 3.11. The van der Waals surface area contributed by atoms with Gasteiger partial charge < -0.3 is 20.5 Å². The molecule has 1 aliphatic rings. The number of nitrogen functional groups attached to an aromatic ring is 1. The number of hydrogen-bond donors (Lipinski definition) is 2. The fourth-order valence-corrected chi connectivity index (χ4v) is 2.10. The van der Waals surface area contributed by atoms with Crippen LogP contribution < -0.4 is 10.6 Å². The Morgan fingerprint density at radius 2 is 2.50 bits per heavy atom. The molecule has 98 valence electrons. The summed E-state index contributed by atoms with van der Waals surface area (Å²) in [6, 6.07) is 1.69. The van der Waals surface area contributed by atoms with Gasteiger partial charge >= 0.3 is 5.97 Å². The predicted molar refractivity (Wildman–Crippen MR) is 67.9 cm³/mol. The molecule has 6 nitrogen and oxygen atoms in total. The predicted octanol–water partition coefficient (Wildman–Crippen LogP) is 0.977. The highest BCUT2D eigenvalue weighted by molar-refractivity contribution is 5.89. The number of nitrogens with zero attached hydrogens (tertiary/aromatic N) is 2. The molecule has 0 spiro atoms. The Hall–Kier alpha value is -1.82. The summed E-state index contributed by atoms with van der Waals surface area (Å²) < 4.78 is 5.42. The molecule has 0 bridgehead atoms. The minimum absolute atomic E-state index is 0.109. The van der Waals surface area contributed by atoms with Crippen LogP contribution in [0.25, 0.3) is 0 Å². The molecule has 0 aromatic carbocycles. The second-order valence-corrected chi connectivity index (χ2v) is 4.27. The number of morpholine rings is 1. The van der Waals surface area contributed by atoms with E-state index in [2.05, 4.69) is 16.8 Å². The Bertz CT molecular complexity index is 450. The first-order valence-electron chi connectivity index (χ1n) is 5.96. The van der Waals surface area contributed by atoms with E-state index in [-0.39, 0.29) is 11.6 Å². The Morgan fingerprint density at radius 3 is 3.11 bits per heavy atom. The second kappa shape index (κ2) is 5.22. The molecule has 3 N–H and O–H groups in total. The van der Waals surface area contributed by atoms with Gasteiger partial charge in [0, 0.05) is 12.7 Å². The Labute approximate surface area is 105 Å². The van der Waals surface area contributed by atoms with Crippen LogP contribution in [0.1, 0.15) is 23.7 Å². The topological polar surface area (TPSA) is 88.7 Å². The van der Waals surface area contributed by atoms with Crippen molar-refractivity contribution in [3.63, 3.8) is 0 Å². The monoisotopic (exact) mass is 251 g/mol. The van der Waals surface area contributed by atoms with Crippen molar-refractivity contribution in [2.45, 2.75) is 19.4 Å². The van der Waals surface area contributed by atoms with E-state index in [9.17, 15) is 4.79 Å². The van der Waals surface area contributed by atoms with Gasteiger partial charge in [-0.15, -0.1) is 0 Å². The third kappa shape index (κ3) is 2.38. The van der Waals surface area contributed by atoms with E-state index < -0.39 is 5.97 Å². The van der Waals surface area contributed by atoms with E-state index in [1.165, 1.54) is 12.3 Å². The number of ether oxygens (including phenoxy) is 1. The lowest BCUT2D eigenvalue weighted by Gasteiger charge is -2.36. The van der Waals surface area contributed by atoms with E-state index in [0.29, 0.717) is 24.7 Å². The highest BCUT2D eigenvalue weighted by atomic mass is 16.5. The zero-order valence-corrected chi connectivity index (χ0v) is 10.3. The number of aromatic nitrogens is 1. The summed E-state index contributed by atoms with van der Waals surface area (Å²) >= 11 is 0. The van der Waals surface area contributed by atoms with Gasteiger partial charge in [-0.3, -0.25) is 0 Å². The van der Waals surface area contributed by atoms with Crippen LogP contribution in [0.4, 0.5) is 11.5 Å². The lowest BCUT2D eigenvalue weighted by molar-refractivity contribution is 0.0696. The number of hydrogen-bond acceptors (Lipinski definition) is 5. The third-order valence-electron chi connectivity index (χ3n) is 3.11. The Morgan fingerprint density at radius 1 is 1.72 bits per heavy atom. The molecule has 18 heavy (non-hydrogen) atoms. The quantitative estimate of drug-likeness (QED) is 0.832. The van der Waals surface area contributed by atoms with E-state index >= 15 is 0 Å². The number of carbonyl (C=O) groups is 1. The molecule has 1 aromatic rings. The summed E-state index contributed by atoms with van der Waals surface area (Å²) in [5, 5.41) is 8.88. The smallest absolute Gasteiger partial charge is 0.337 e. The maximum Gasteiger partial charge on any atom is 0.337 e. The van der Waals surface area contributed by atoms with Crippen LogP contribution in [0.2, 0.25) is 0 Å². The molecule has 6 heteroatoms. The summed E-state index contributed by atoms with van der Waals surface area (Å²) in [6.07, 6.45) is 2.28. The fraction of sp³-hybridized carbons (Fsp3) is 0.500. The number of pyridine rings is 1. The average molecular weight is 251 g/mol. The van der Waals surface area contributed by atoms with Gasteiger partial charge in [-0.05, 0) is 12.5 Å². The van der Waals surface area contributed by atoms with Gasteiger partial charge in [-0.25, -0.2) is 9.78 Å². The lowest BCUT2D eigenvalue weighted by Crippen LogP contribution is -2.46. The summed E-state index contributed by atoms with van der Waals surface area (Å²) in [5.74, 6) is -0.370. The molecular formula is C12H17N3O3. The molecule has 1 unspecified atom stereocenters. The number of nitrogens with two attached hydrogens (primary N) is 1. The largest absolute Gasteiger partial charge is 0.478 e. The number of carboxylic acids is 1. The van der Waals surface area contributed by atoms with Crippen molar-refractivity contribution >= 4 is 17.5 Å². The van der Waals surface area contributed by atoms with Crippen LogP contribution in [0.15, 0.2) is 12.3 Å². The molecule has 0 amide bonds. The normalized spacial score (nSPS) is 19.8. The van der Waals surface area contributed by atoms with Gasteiger partial charge in [-0.1, -0.05) is 6.92 Å². The zero-order valence-electron chi connectivity index (χ0n) is 10.3. The molecule has 2 heterocycles. The molecule has 1 aromatic heterocycles. The molecule has 2 rings (SSSR count). The van der Waals surface area contributed by atoms with Crippen molar-refractivity contribution < 1.29 is 14.6 Å². The summed E-state index contributed by atoms with van der Waals surface area (Å²) in [7, 11) is 0. The number of rotatable bonds is 3. The average Bonchev–Trinajstić information content (AvgIpc) is 2.38. The van der Waals surface area contributed by atoms with Crippen LogP contribution in [-0.2, 0) is 4.74 Å². The van der Waals surface area contributed by atoms with E-state index in [1.807, 2.05) is 0 Å². The van der Waals surface area contributed by atoms with Crippen LogP contribution >= 0.6 is 0 Å². The van der Waals surface area contributed by atoms with E-state index in [4.69, 9.17) is 15.6 Å². The van der Waals surface area contributed by atoms with Crippen molar-refractivity contribution in [3.8, 4) is 0 Å². The standard InChI is InChI=1S/C12H17N3O3/c1-2-9-7-18-4-3-15(9)11-10(13)5-8(6-14-11)12(16)17/h5-6,9H,2-4,7,13H2,1H3,(H,16,17). The molecule has 0 radical (unpaired) electrons. The minimum Gasteiger partial charge on any atom is -0.478 e. The molecule has 0 aliphatic carbocycles. The van der Waals surface area contributed by atoms with Crippen molar-refractivity contribution in [2.24, 2.45) is 0 Å². The zero-order chi connectivity index (χ0) is 13.1. The van der Waals surface area contributed by atoms with Crippen molar-refractivity contribution in [3.05, 3.63) is 17.8 Å². The number of carboxylic acid groups (broad SMARTS) is 1. The highest BCUT2D eigenvalue weighted by Gasteiger charge is 2.24. The van der Waals surface area contributed by atoms with Crippen LogP contribution in [0, 0.1) is 0 Å². The maximum atomic E-state index is 10.8. The number of aromatic carboxylic acids is 1. The summed E-state index contributed by atoms with van der Waals surface area (Å²) in [6.45, 7) is 4.09. The lowest BCUT2D eigenvalue weighted by atomic mass is 10.1. The maximum absolute atomic E-state index is 10.8. The van der Waals surface area contributed by atoms with Crippen LogP contribution in [0.3, 0.4) is 0 Å².